The van der Waals surface area contributed by atoms with E-state index in [0.717, 1.165) is 4.88 Å². The zero-order chi connectivity index (χ0) is 23.8. The van der Waals surface area contributed by atoms with Crippen molar-refractivity contribution in [3.8, 4) is 11.5 Å². The zero-order valence-electron chi connectivity index (χ0n) is 18.3. The minimum Gasteiger partial charge on any atom is -0.507 e. The maximum Gasteiger partial charge on any atom is 0.348 e. The molecule has 0 saturated heterocycles. The Hall–Kier alpha value is -4.18. The number of aryl methyl sites for hydroxylation is 1. The Kier molecular flexibility index (Phi) is 5.50. The molecule has 3 aromatic heterocycles. The van der Waals surface area contributed by atoms with Crippen molar-refractivity contribution in [2.24, 2.45) is 4.99 Å². The number of methoxy groups -OCH3 is 1. The summed E-state index contributed by atoms with van der Waals surface area (Å²) in [6.07, 6.45) is 1.76. The molecule has 1 amide bonds. The van der Waals surface area contributed by atoms with Crippen molar-refractivity contribution >= 4 is 34.5 Å². The molecule has 0 bridgehead atoms. The Labute approximate surface area is 198 Å². The maximum atomic E-state index is 13.1. The monoisotopic (exact) mass is 476 g/mol. The van der Waals surface area contributed by atoms with Crippen LogP contribution >= 0.6 is 11.3 Å². The third-order valence-corrected chi connectivity index (χ3v) is 6.47. The Morgan fingerprint density at radius 2 is 2.09 bits per heavy atom. The van der Waals surface area contributed by atoms with Crippen LogP contribution < -0.4 is 15.7 Å². The zero-order valence-corrected chi connectivity index (χ0v) is 19.1. The number of fused-ring (bicyclic) bond motifs is 1. The van der Waals surface area contributed by atoms with Gasteiger partial charge in [-0.05, 0) is 42.6 Å². The molecular weight excluding hydrogens is 456 g/mol. The van der Waals surface area contributed by atoms with Crippen LogP contribution in [0.5, 0.6) is 11.5 Å². The van der Waals surface area contributed by atoms with Crippen LogP contribution in [-0.4, -0.2) is 33.6 Å². The fraction of sp³-hybridized carbons (Fsp3) is 0.167. The number of nitrogens with zero attached hydrogens (tertiary/aromatic N) is 3. The number of hydrogen-bond acceptors (Lipinski definition) is 8. The van der Waals surface area contributed by atoms with Crippen molar-refractivity contribution < 1.29 is 19.1 Å². The number of aromatic nitrogens is 2. The summed E-state index contributed by atoms with van der Waals surface area (Å²) in [6.45, 7) is 1.58. The third-order valence-electron chi connectivity index (χ3n) is 5.50. The van der Waals surface area contributed by atoms with Crippen LogP contribution in [-0.2, 0) is 0 Å². The Bertz CT molecular complexity index is 1450. The number of carbonyl (C=O) groups excluding carboxylic acids is 1. The normalized spacial score (nSPS) is 14.9. The van der Waals surface area contributed by atoms with Gasteiger partial charge in [-0.3, -0.25) is 4.79 Å². The van der Waals surface area contributed by atoms with Crippen molar-refractivity contribution in [3.05, 3.63) is 86.2 Å². The summed E-state index contributed by atoms with van der Waals surface area (Å²) >= 11 is 1.53. The second-order valence-electron chi connectivity index (χ2n) is 7.71. The van der Waals surface area contributed by atoms with Crippen LogP contribution in [0.4, 0.5) is 11.5 Å². The molecule has 9 nitrogen and oxygen atoms in total. The highest BCUT2D eigenvalue weighted by Gasteiger charge is 2.32. The molecule has 0 aliphatic carbocycles. The number of aromatic hydroxyl groups is 1. The first-order valence-electron chi connectivity index (χ1n) is 10.4. The molecule has 0 saturated carbocycles. The number of nitrogens with one attached hydrogen (secondary N) is 1. The molecule has 1 aliphatic heterocycles. The molecule has 0 radical (unpaired) electrons. The first-order chi connectivity index (χ1) is 16.4. The van der Waals surface area contributed by atoms with Gasteiger partial charge in [-0.25, -0.2) is 14.5 Å². The largest absolute Gasteiger partial charge is 0.507 e. The number of hydrogen-bond donors (Lipinski definition) is 2. The summed E-state index contributed by atoms with van der Waals surface area (Å²) in [5.74, 6) is 0.647. The Balaban J connectivity index is 1.58. The van der Waals surface area contributed by atoms with Crippen LogP contribution in [0.25, 0.3) is 0 Å². The number of thiophene rings is 1. The SMILES string of the molecule is COc1ccc(NC(=O)c2cnn3c2N=C(c2c(O)cc(C)oc2=O)CC3c2cccs2)cc1. The van der Waals surface area contributed by atoms with Crippen LogP contribution in [0, 0.1) is 6.92 Å². The number of rotatable bonds is 5. The molecule has 34 heavy (non-hydrogen) atoms. The predicted octanol–water partition coefficient (Wildman–Crippen LogP) is 4.29. The lowest BCUT2D eigenvalue weighted by Gasteiger charge is -2.24. The van der Waals surface area contributed by atoms with Gasteiger partial charge in [0.15, 0.2) is 5.82 Å². The standard InChI is InChI=1S/C24H20N4O5S/c1-13-10-19(29)21(24(31)33-13)17-11-18(20-4-3-9-34-20)28-22(27-17)16(12-25-28)23(30)26-14-5-7-15(32-2)8-6-14/h3-10,12,18,29H,11H2,1-2H3,(H,26,30). The number of aliphatic imine (C=N–C) groups is 1. The highest BCUT2D eigenvalue weighted by atomic mass is 32.1. The van der Waals surface area contributed by atoms with E-state index in [1.54, 1.807) is 43.0 Å². The number of ether oxygens (including phenoxy) is 1. The molecule has 1 unspecified atom stereocenters. The van der Waals surface area contributed by atoms with Gasteiger partial charge in [-0.1, -0.05) is 6.07 Å². The molecule has 0 fully saturated rings. The molecule has 4 heterocycles. The van der Waals surface area contributed by atoms with E-state index in [1.807, 2.05) is 17.5 Å². The lowest BCUT2D eigenvalue weighted by molar-refractivity contribution is 0.102. The van der Waals surface area contributed by atoms with Gasteiger partial charge in [0.25, 0.3) is 5.91 Å². The van der Waals surface area contributed by atoms with E-state index in [9.17, 15) is 14.7 Å². The van der Waals surface area contributed by atoms with Crippen molar-refractivity contribution in [2.75, 3.05) is 12.4 Å². The molecule has 1 atom stereocenters. The summed E-state index contributed by atoms with van der Waals surface area (Å²) < 4.78 is 12.0. The first kappa shape index (κ1) is 21.7. The van der Waals surface area contributed by atoms with Crippen LogP contribution in [0.2, 0.25) is 0 Å². The number of benzene rings is 1. The summed E-state index contributed by atoms with van der Waals surface area (Å²) in [5, 5.41) is 19.7. The summed E-state index contributed by atoms with van der Waals surface area (Å²) in [7, 11) is 1.57. The minimum atomic E-state index is -0.682. The minimum absolute atomic E-state index is 0.0129. The molecule has 1 aliphatic rings. The molecule has 172 valence electrons. The van der Waals surface area contributed by atoms with E-state index in [0.29, 0.717) is 35.1 Å². The van der Waals surface area contributed by atoms with E-state index in [4.69, 9.17) is 9.15 Å². The van der Waals surface area contributed by atoms with Crippen molar-refractivity contribution in [1.82, 2.24) is 9.78 Å². The highest BCUT2D eigenvalue weighted by molar-refractivity contribution is 7.10. The van der Waals surface area contributed by atoms with E-state index in [2.05, 4.69) is 15.4 Å². The average Bonchev–Trinajstić information content (AvgIpc) is 3.49. The van der Waals surface area contributed by atoms with E-state index < -0.39 is 11.5 Å². The molecule has 4 aromatic rings. The average molecular weight is 477 g/mol. The van der Waals surface area contributed by atoms with E-state index in [-0.39, 0.29) is 22.9 Å². The van der Waals surface area contributed by atoms with Gasteiger partial charge in [0.2, 0.25) is 0 Å². The topological polar surface area (TPSA) is 119 Å². The van der Waals surface area contributed by atoms with E-state index in [1.165, 1.54) is 23.6 Å². The second-order valence-corrected chi connectivity index (χ2v) is 8.69. The Morgan fingerprint density at radius 3 is 2.76 bits per heavy atom. The van der Waals surface area contributed by atoms with Crippen molar-refractivity contribution in [3.63, 3.8) is 0 Å². The van der Waals surface area contributed by atoms with Crippen LogP contribution in [0.15, 0.2) is 68.2 Å². The van der Waals surface area contributed by atoms with E-state index >= 15 is 0 Å². The Morgan fingerprint density at radius 1 is 1.29 bits per heavy atom. The molecule has 1 aromatic carbocycles. The number of anilines is 1. The van der Waals surface area contributed by atoms with Crippen LogP contribution in [0.3, 0.4) is 0 Å². The fourth-order valence-electron chi connectivity index (χ4n) is 3.89. The quantitative estimate of drug-likeness (QED) is 0.444. The van der Waals surface area contributed by atoms with Gasteiger partial charge in [0.1, 0.15) is 28.4 Å². The lowest BCUT2D eigenvalue weighted by Crippen LogP contribution is -2.25. The van der Waals surface area contributed by atoms with Gasteiger partial charge >= 0.3 is 5.63 Å². The molecule has 5 rings (SSSR count). The van der Waals surface area contributed by atoms with Gasteiger partial charge in [0, 0.05) is 23.1 Å². The maximum absolute atomic E-state index is 13.1. The smallest absolute Gasteiger partial charge is 0.348 e. The third kappa shape index (κ3) is 3.88. The molecule has 0 spiro atoms. The summed E-state index contributed by atoms with van der Waals surface area (Å²) in [4.78, 5) is 31.3. The van der Waals surface area contributed by atoms with Gasteiger partial charge in [0.05, 0.1) is 25.1 Å². The summed E-state index contributed by atoms with van der Waals surface area (Å²) in [6, 6.07) is 11.9. The van der Waals surface area contributed by atoms with Gasteiger partial charge in [-0.2, -0.15) is 5.10 Å². The second kappa shape index (κ2) is 8.64. The molecule has 10 heteroatoms. The lowest BCUT2D eigenvalue weighted by atomic mass is 10.00. The fourth-order valence-corrected chi connectivity index (χ4v) is 4.70. The van der Waals surface area contributed by atoms with Crippen molar-refractivity contribution in [1.29, 1.82) is 0 Å². The van der Waals surface area contributed by atoms with Crippen molar-refractivity contribution in [2.45, 2.75) is 19.4 Å². The van der Waals surface area contributed by atoms with Gasteiger partial charge in [-0.15, -0.1) is 11.3 Å². The summed E-state index contributed by atoms with van der Waals surface area (Å²) in [5.41, 5.74) is 0.457. The highest BCUT2D eigenvalue weighted by Crippen LogP contribution is 2.38. The molecule has 2 N–H and O–H groups in total. The number of carbonyl (C=O) groups is 1. The predicted molar refractivity (Wildman–Crippen MR) is 128 cm³/mol. The van der Waals surface area contributed by atoms with Crippen LogP contribution in [0.1, 0.15) is 39.0 Å². The number of amides is 1. The first-order valence-corrected chi connectivity index (χ1v) is 11.3. The molecular formula is C24H20N4O5S. The van der Waals surface area contributed by atoms with Gasteiger partial charge < -0.3 is 19.6 Å².